The van der Waals surface area contributed by atoms with Crippen molar-refractivity contribution in [3.05, 3.63) is 28.3 Å². The largest absolute Gasteiger partial charge is 0.377 e. The van der Waals surface area contributed by atoms with Gasteiger partial charge < -0.3 is 4.74 Å². The third kappa shape index (κ3) is 4.83. The fourth-order valence-corrected chi connectivity index (χ4v) is 3.85. The van der Waals surface area contributed by atoms with E-state index in [1.54, 1.807) is 13.0 Å². The lowest BCUT2D eigenvalue weighted by molar-refractivity contribution is 0.0737. The Morgan fingerprint density at radius 1 is 1.33 bits per heavy atom. The Labute approximate surface area is 137 Å². The molecule has 0 aliphatic rings. The fraction of sp³-hybridized carbons (Fsp3) is 0.571. The maximum absolute atomic E-state index is 12.6. The molecule has 0 radical (unpaired) electrons. The Morgan fingerprint density at radius 3 is 2.48 bits per heavy atom. The number of ether oxygens (including phenoxy) is 1. The van der Waals surface area contributed by atoms with Gasteiger partial charge in [-0.2, -0.15) is 4.31 Å². The van der Waals surface area contributed by atoms with Crippen LogP contribution in [0.2, 0.25) is 5.02 Å². The molecule has 120 valence electrons. The topological polar surface area (TPSA) is 46.6 Å². The number of hydrogen-bond acceptors (Lipinski definition) is 3. The summed E-state index contributed by atoms with van der Waals surface area (Å²) in [7, 11) is -2.08. The summed E-state index contributed by atoms with van der Waals surface area (Å²) in [6.45, 7) is 6.17. The Kier molecular flexibility index (Phi) is 6.94. The van der Waals surface area contributed by atoms with Crippen molar-refractivity contribution in [1.29, 1.82) is 0 Å². The summed E-state index contributed by atoms with van der Waals surface area (Å²) in [6, 6.07) is 3.15. The van der Waals surface area contributed by atoms with Crippen LogP contribution in [0.1, 0.15) is 25.0 Å². The molecule has 1 aromatic rings. The molecule has 0 fully saturated rings. The highest BCUT2D eigenvalue weighted by molar-refractivity contribution is 7.89. The van der Waals surface area contributed by atoms with E-state index >= 15 is 0 Å². The lowest BCUT2D eigenvalue weighted by Gasteiger charge is -2.20. The van der Waals surface area contributed by atoms with E-state index in [0.717, 1.165) is 5.56 Å². The van der Waals surface area contributed by atoms with Crippen molar-refractivity contribution < 1.29 is 13.2 Å². The Balaban J connectivity index is 3.05. The summed E-state index contributed by atoms with van der Waals surface area (Å²) >= 11 is 11.8. The molecule has 0 spiro atoms. The first-order chi connectivity index (χ1) is 9.70. The molecular weight excluding hydrogens is 333 g/mol. The van der Waals surface area contributed by atoms with Crippen molar-refractivity contribution in [2.75, 3.05) is 20.2 Å². The molecule has 0 heterocycles. The van der Waals surface area contributed by atoms with Crippen LogP contribution in [0.3, 0.4) is 0 Å². The monoisotopic (exact) mass is 353 g/mol. The SMILES string of the molecule is Cc1c(CCl)cc(Cl)cc1S(=O)(=O)N(C)CCOC(C)C. The normalized spacial score (nSPS) is 12.4. The number of halogens is 2. The van der Waals surface area contributed by atoms with Crippen LogP contribution in [0.5, 0.6) is 0 Å². The molecule has 0 saturated carbocycles. The van der Waals surface area contributed by atoms with Crippen molar-refractivity contribution in [1.82, 2.24) is 4.31 Å². The zero-order valence-electron chi connectivity index (χ0n) is 12.7. The highest BCUT2D eigenvalue weighted by Crippen LogP contribution is 2.27. The smallest absolute Gasteiger partial charge is 0.243 e. The highest BCUT2D eigenvalue weighted by Gasteiger charge is 2.24. The number of hydrogen-bond donors (Lipinski definition) is 0. The van der Waals surface area contributed by atoms with Gasteiger partial charge in [-0.05, 0) is 44.0 Å². The fourth-order valence-electron chi connectivity index (χ4n) is 1.82. The van der Waals surface area contributed by atoms with Crippen LogP contribution in [0.4, 0.5) is 0 Å². The lowest BCUT2D eigenvalue weighted by Crippen LogP contribution is -2.31. The van der Waals surface area contributed by atoms with Crippen molar-refractivity contribution >= 4 is 33.2 Å². The van der Waals surface area contributed by atoms with Gasteiger partial charge in [0.25, 0.3) is 0 Å². The first-order valence-electron chi connectivity index (χ1n) is 6.63. The minimum atomic E-state index is -3.61. The molecular formula is C14H21Cl2NO3S. The zero-order valence-corrected chi connectivity index (χ0v) is 15.0. The van der Waals surface area contributed by atoms with Crippen LogP contribution in [0.15, 0.2) is 17.0 Å². The average Bonchev–Trinajstić information content (AvgIpc) is 2.40. The molecule has 0 aromatic heterocycles. The molecule has 0 aliphatic carbocycles. The standard InChI is InChI=1S/C14H21Cl2NO3S/c1-10(2)20-6-5-17(4)21(18,19)14-8-13(16)7-12(9-15)11(14)3/h7-8,10H,5-6,9H2,1-4H3. The Bertz CT molecular complexity index is 588. The van der Waals surface area contributed by atoms with Crippen molar-refractivity contribution in [3.63, 3.8) is 0 Å². The molecule has 0 amide bonds. The van der Waals surface area contributed by atoms with Crippen LogP contribution in [-0.2, 0) is 20.6 Å². The minimum Gasteiger partial charge on any atom is -0.377 e. The van der Waals surface area contributed by atoms with Crippen LogP contribution in [-0.4, -0.2) is 39.0 Å². The molecule has 0 bridgehead atoms. The van der Waals surface area contributed by atoms with Crippen LogP contribution in [0, 0.1) is 6.92 Å². The third-order valence-electron chi connectivity index (χ3n) is 3.12. The highest BCUT2D eigenvalue weighted by atomic mass is 35.5. The first-order valence-corrected chi connectivity index (χ1v) is 8.98. The van der Waals surface area contributed by atoms with Gasteiger partial charge in [0.15, 0.2) is 0 Å². The van der Waals surface area contributed by atoms with Crippen molar-refractivity contribution in [2.45, 2.75) is 37.7 Å². The van der Waals surface area contributed by atoms with Gasteiger partial charge in [-0.1, -0.05) is 11.6 Å². The predicted molar refractivity (Wildman–Crippen MR) is 86.6 cm³/mol. The van der Waals surface area contributed by atoms with Gasteiger partial charge in [-0.15, -0.1) is 11.6 Å². The van der Waals surface area contributed by atoms with E-state index < -0.39 is 10.0 Å². The van der Waals surface area contributed by atoms with Crippen LogP contribution in [0.25, 0.3) is 0 Å². The number of benzene rings is 1. The molecule has 0 unspecified atom stereocenters. The second-order valence-corrected chi connectivity index (χ2v) is 7.78. The lowest BCUT2D eigenvalue weighted by atomic mass is 10.1. The predicted octanol–water partition coefficient (Wildman–Crippen LogP) is 3.43. The third-order valence-corrected chi connectivity index (χ3v) is 5.61. The molecule has 0 atom stereocenters. The molecule has 0 aliphatic heterocycles. The molecule has 1 rings (SSSR count). The van der Waals surface area contributed by atoms with E-state index in [0.29, 0.717) is 17.2 Å². The summed E-state index contributed by atoms with van der Waals surface area (Å²) < 4.78 is 31.9. The zero-order chi connectivity index (χ0) is 16.2. The van der Waals surface area contributed by atoms with E-state index in [4.69, 9.17) is 27.9 Å². The summed E-state index contributed by atoms with van der Waals surface area (Å²) in [5.41, 5.74) is 1.35. The van der Waals surface area contributed by atoms with Gasteiger partial charge in [-0.3, -0.25) is 0 Å². The van der Waals surface area contributed by atoms with Crippen molar-refractivity contribution in [2.24, 2.45) is 0 Å². The molecule has 0 saturated heterocycles. The van der Waals surface area contributed by atoms with Gasteiger partial charge in [0.05, 0.1) is 17.6 Å². The van der Waals surface area contributed by atoms with E-state index in [2.05, 4.69) is 0 Å². The quantitative estimate of drug-likeness (QED) is 0.705. The number of likely N-dealkylation sites (N-methyl/N-ethyl adjacent to an activating group) is 1. The number of sulfonamides is 1. The second kappa shape index (κ2) is 7.79. The maximum atomic E-state index is 12.6. The average molecular weight is 354 g/mol. The molecule has 4 nitrogen and oxygen atoms in total. The van der Waals surface area contributed by atoms with E-state index in [9.17, 15) is 8.42 Å². The molecule has 0 N–H and O–H groups in total. The maximum Gasteiger partial charge on any atom is 0.243 e. The van der Waals surface area contributed by atoms with E-state index in [1.807, 2.05) is 13.8 Å². The summed E-state index contributed by atoms with van der Waals surface area (Å²) in [5.74, 6) is 0.217. The van der Waals surface area contributed by atoms with Gasteiger partial charge in [0.1, 0.15) is 0 Å². The minimum absolute atomic E-state index is 0.0665. The van der Waals surface area contributed by atoms with Gasteiger partial charge in [-0.25, -0.2) is 8.42 Å². The van der Waals surface area contributed by atoms with Crippen LogP contribution < -0.4 is 0 Å². The van der Waals surface area contributed by atoms with Crippen LogP contribution >= 0.6 is 23.2 Å². The first kappa shape index (κ1) is 18.7. The summed E-state index contributed by atoms with van der Waals surface area (Å²) in [5, 5.41) is 0.363. The Morgan fingerprint density at radius 2 is 1.95 bits per heavy atom. The van der Waals surface area contributed by atoms with Gasteiger partial charge in [0.2, 0.25) is 10.0 Å². The van der Waals surface area contributed by atoms with Crippen molar-refractivity contribution in [3.8, 4) is 0 Å². The second-order valence-electron chi connectivity index (χ2n) is 5.07. The number of nitrogens with zero attached hydrogens (tertiary/aromatic N) is 1. The molecule has 21 heavy (non-hydrogen) atoms. The summed E-state index contributed by atoms with van der Waals surface area (Å²) in [4.78, 5) is 0.192. The van der Waals surface area contributed by atoms with Gasteiger partial charge >= 0.3 is 0 Å². The Hall–Kier alpha value is -0.330. The molecule has 1 aromatic carbocycles. The van der Waals surface area contributed by atoms with E-state index in [-0.39, 0.29) is 23.4 Å². The van der Waals surface area contributed by atoms with Gasteiger partial charge in [0, 0.05) is 24.5 Å². The number of alkyl halides is 1. The van der Waals surface area contributed by atoms with E-state index in [1.165, 1.54) is 17.4 Å². The summed E-state index contributed by atoms with van der Waals surface area (Å²) in [6.07, 6.45) is 0.0665. The molecule has 7 heteroatoms. The number of rotatable bonds is 7.